The molecular formula is C12H17F3N4O. The largest absolute Gasteiger partial charge is 0.451 e. The van der Waals surface area contributed by atoms with Crippen LogP contribution in [0.25, 0.3) is 0 Å². The van der Waals surface area contributed by atoms with Crippen LogP contribution in [0.5, 0.6) is 0 Å². The van der Waals surface area contributed by atoms with Crippen molar-refractivity contribution in [1.82, 2.24) is 9.97 Å². The lowest BCUT2D eigenvalue weighted by molar-refractivity contribution is -0.144. The fourth-order valence-electron chi connectivity index (χ4n) is 1.98. The maximum atomic E-state index is 12.7. The van der Waals surface area contributed by atoms with Crippen LogP contribution in [0.1, 0.15) is 25.1 Å². The molecule has 0 bridgehead atoms. The number of hydrogen-bond donors (Lipinski definition) is 2. The van der Waals surface area contributed by atoms with Crippen LogP contribution in [-0.4, -0.2) is 36.3 Å². The van der Waals surface area contributed by atoms with Crippen LogP contribution < -0.4 is 10.6 Å². The molecule has 0 aliphatic carbocycles. The first-order valence-corrected chi connectivity index (χ1v) is 6.48. The van der Waals surface area contributed by atoms with Crippen LogP contribution in [0, 0.1) is 0 Å². The highest BCUT2D eigenvalue weighted by Crippen LogP contribution is 2.28. The zero-order chi connectivity index (χ0) is 14.6. The average molecular weight is 290 g/mol. The molecule has 0 spiro atoms. The summed E-state index contributed by atoms with van der Waals surface area (Å²) in [6.07, 6.45) is -1.53. The molecule has 1 saturated heterocycles. The van der Waals surface area contributed by atoms with Gasteiger partial charge in [0, 0.05) is 26.3 Å². The van der Waals surface area contributed by atoms with Crippen molar-refractivity contribution < 1.29 is 17.9 Å². The molecule has 2 rings (SSSR count). The predicted octanol–water partition coefficient (Wildman–Crippen LogP) is 2.52. The van der Waals surface area contributed by atoms with Crippen LogP contribution in [0.3, 0.4) is 0 Å². The van der Waals surface area contributed by atoms with Crippen molar-refractivity contribution in [2.75, 3.05) is 30.8 Å². The molecule has 1 fully saturated rings. The first kappa shape index (κ1) is 14.8. The average Bonchev–Trinajstić information content (AvgIpc) is 2.45. The molecule has 2 N–H and O–H groups in total. The molecule has 0 radical (unpaired) electrons. The van der Waals surface area contributed by atoms with Gasteiger partial charge in [0.1, 0.15) is 11.6 Å². The van der Waals surface area contributed by atoms with Gasteiger partial charge in [-0.15, -0.1) is 0 Å². The Morgan fingerprint density at radius 1 is 1.30 bits per heavy atom. The van der Waals surface area contributed by atoms with E-state index in [0.29, 0.717) is 13.2 Å². The molecule has 0 saturated carbocycles. The maximum Gasteiger partial charge on any atom is 0.451 e. The van der Waals surface area contributed by atoms with Gasteiger partial charge in [-0.3, -0.25) is 0 Å². The van der Waals surface area contributed by atoms with Gasteiger partial charge in [0.2, 0.25) is 5.82 Å². The number of anilines is 2. The van der Waals surface area contributed by atoms with Crippen molar-refractivity contribution in [2.45, 2.75) is 31.5 Å². The summed E-state index contributed by atoms with van der Waals surface area (Å²) < 4.78 is 43.5. The first-order chi connectivity index (χ1) is 9.49. The van der Waals surface area contributed by atoms with Crippen molar-refractivity contribution in [3.05, 3.63) is 11.9 Å². The Hall–Kier alpha value is -1.57. The molecule has 20 heavy (non-hydrogen) atoms. The number of nitrogens with one attached hydrogen (secondary N) is 2. The van der Waals surface area contributed by atoms with Crippen LogP contribution in [-0.2, 0) is 10.9 Å². The summed E-state index contributed by atoms with van der Waals surface area (Å²) in [5.41, 5.74) is 0. The van der Waals surface area contributed by atoms with E-state index in [2.05, 4.69) is 20.6 Å². The molecule has 112 valence electrons. The highest BCUT2D eigenvalue weighted by molar-refractivity contribution is 5.47. The molecule has 1 atom stereocenters. The Labute approximate surface area is 114 Å². The SMILES string of the molecule is CNc1cc(NCC2CCCCO2)nc(C(F)(F)F)n1. The fraction of sp³-hybridized carbons (Fsp3) is 0.667. The van der Waals surface area contributed by atoms with Gasteiger partial charge < -0.3 is 15.4 Å². The zero-order valence-corrected chi connectivity index (χ0v) is 11.1. The topological polar surface area (TPSA) is 59.1 Å². The summed E-state index contributed by atoms with van der Waals surface area (Å²) >= 11 is 0. The number of rotatable bonds is 4. The number of hydrogen-bond acceptors (Lipinski definition) is 5. The van der Waals surface area contributed by atoms with E-state index < -0.39 is 12.0 Å². The minimum absolute atomic E-state index is 0.0195. The Morgan fingerprint density at radius 2 is 2.05 bits per heavy atom. The number of aromatic nitrogens is 2. The molecule has 8 heteroatoms. The molecule has 0 amide bonds. The maximum absolute atomic E-state index is 12.7. The number of nitrogens with zero attached hydrogens (tertiary/aromatic N) is 2. The van der Waals surface area contributed by atoms with Gasteiger partial charge >= 0.3 is 6.18 Å². The number of alkyl halides is 3. The van der Waals surface area contributed by atoms with Crippen LogP contribution in [0.2, 0.25) is 0 Å². The summed E-state index contributed by atoms with van der Waals surface area (Å²) in [7, 11) is 1.51. The lowest BCUT2D eigenvalue weighted by Crippen LogP contribution is -2.27. The van der Waals surface area contributed by atoms with Crippen LogP contribution in [0.4, 0.5) is 24.8 Å². The second-order valence-corrected chi connectivity index (χ2v) is 4.58. The van der Waals surface area contributed by atoms with Gasteiger partial charge in [0.05, 0.1) is 6.10 Å². The van der Waals surface area contributed by atoms with E-state index in [1.54, 1.807) is 0 Å². The monoisotopic (exact) mass is 290 g/mol. The Morgan fingerprint density at radius 3 is 2.65 bits per heavy atom. The fourth-order valence-corrected chi connectivity index (χ4v) is 1.98. The van der Waals surface area contributed by atoms with Crippen molar-refractivity contribution in [1.29, 1.82) is 0 Å². The molecule has 1 aliphatic rings. The van der Waals surface area contributed by atoms with Gasteiger partial charge in [0.15, 0.2) is 0 Å². The highest BCUT2D eigenvalue weighted by Gasteiger charge is 2.35. The van der Waals surface area contributed by atoms with E-state index in [-0.39, 0.29) is 17.7 Å². The summed E-state index contributed by atoms with van der Waals surface area (Å²) in [6, 6.07) is 1.44. The van der Waals surface area contributed by atoms with Gasteiger partial charge in [-0.05, 0) is 19.3 Å². The van der Waals surface area contributed by atoms with E-state index >= 15 is 0 Å². The third-order valence-corrected chi connectivity index (χ3v) is 3.02. The van der Waals surface area contributed by atoms with Gasteiger partial charge in [-0.25, -0.2) is 9.97 Å². The normalized spacial score (nSPS) is 19.7. The van der Waals surface area contributed by atoms with Gasteiger partial charge in [-0.1, -0.05) is 0 Å². The third-order valence-electron chi connectivity index (χ3n) is 3.02. The smallest absolute Gasteiger partial charge is 0.376 e. The molecule has 1 unspecified atom stereocenters. The second-order valence-electron chi connectivity index (χ2n) is 4.58. The predicted molar refractivity (Wildman–Crippen MR) is 68.7 cm³/mol. The first-order valence-electron chi connectivity index (χ1n) is 6.48. The second kappa shape index (κ2) is 6.25. The quantitative estimate of drug-likeness (QED) is 0.892. The van der Waals surface area contributed by atoms with Gasteiger partial charge in [-0.2, -0.15) is 13.2 Å². The Balaban J connectivity index is 2.06. The standard InChI is InChI=1S/C12H17F3N4O/c1-16-9-6-10(19-11(18-9)12(13,14)15)17-7-8-4-2-3-5-20-8/h6,8H,2-5,7H2,1H3,(H2,16,17,18,19). The summed E-state index contributed by atoms with van der Waals surface area (Å²) in [4.78, 5) is 6.89. The lowest BCUT2D eigenvalue weighted by atomic mass is 10.1. The summed E-state index contributed by atoms with van der Waals surface area (Å²) in [6.45, 7) is 1.14. The molecule has 1 aromatic heterocycles. The van der Waals surface area contributed by atoms with E-state index in [1.165, 1.54) is 13.1 Å². The highest BCUT2D eigenvalue weighted by atomic mass is 19.4. The molecular weight excluding hydrogens is 273 g/mol. The molecule has 0 aromatic carbocycles. The Bertz CT molecular complexity index is 447. The van der Waals surface area contributed by atoms with E-state index in [1.807, 2.05) is 0 Å². The van der Waals surface area contributed by atoms with Crippen molar-refractivity contribution in [3.8, 4) is 0 Å². The summed E-state index contributed by atoms with van der Waals surface area (Å²) in [5, 5.41) is 5.48. The Kier molecular flexibility index (Phi) is 4.64. The molecule has 5 nitrogen and oxygen atoms in total. The van der Waals surface area contributed by atoms with Crippen molar-refractivity contribution >= 4 is 11.6 Å². The van der Waals surface area contributed by atoms with Crippen LogP contribution in [0.15, 0.2) is 6.07 Å². The molecule has 1 aliphatic heterocycles. The van der Waals surface area contributed by atoms with Crippen molar-refractivity contribution in [2.24, 2.45) is 0 Å². The number of halogens is 3. The molecule has 2 heterocycles. The zero-order valence-electron chi connectivity index (χ0n) is 11.1. The lowest BCUT2D eigenvalue weighted by Gasteiger charge is -2.23. The molecule has 1 aromatic rings. The van der Waals surface area contributed by atoms with Crippen LogP contribution >= 0.6 is 0 Å². The third kappa shape index (κ3) is 3.96. The van der Waals surface area contributed by atoms with Crippen molar-refractivity contribution in [3.63, 3.8) is 0 Å². The summed E-state index contributed by atoms with van der Waals surface area (Å²) in [5.74, 6) is -0.887. The van der Waals surface area contributed by atoms with E-state index in [9.17, 15) is 13.2 Å². The minimum atomic E-state index is -4.56. The van der Waals surface area contributed by atoms with E-state index in [0.717, 1.165) is 19.3 Å². The van der Waals surface area contributed by atoms with Gasteiger partial charge in [0.25, 0.3) is 0 Å². The minimum Gasteiger partial charge on any atom is -0.376 e. The number of ether oxygens (including phenoxy) is 1. The van der Waals surface area contributed by atoms with E-state index in [4.69, 9.17) is 4.74 Å².